The highest BCUT2D eigenvalue weighted by Crippen LogP contribution is 2.42. The molecule has 1 saturated carbocycles. The zero-order valence-corrected chi connectivity index (χ0v) is 14.9. The van der Waals surface area contributed by atoms with Gasteiger partial charge >= 0.3 is 6.61 Å². The molecule has 1 aliphatic rings. The number of benzene rings is 2. The summed E-state index contributed by atoms with van der Waals surface area (Å²) in [5.41, 5.74) is 3.31. The molecule has 0 saturated heterocycles. The average Bonchev–Trinajstić information content (AvgIpc) is 3.38. The Labute approximate surface area is 152 Å². The lowest BCUT2D eigenvalue weighted by Crippen LogP contribution is -2.38. The van der Waals surface area contributed by atoms with Crippen molar-refractivity contribution < 1.29 is 13.5 Å². The number of aliphatic imine (C=N–C) groups is 1. The summed E-state index contributed by atoms with van der Waals surface area (Å²) in [6.07, 6.45) is 1.05. The molecule has 0 aliphatic heterocycles. The number of aryl methyl sites for hydroxylation is 1. The maximum absolute atomic E-state index is 12.5. The number of halogens is 2. The summed E-state index contributed by atoms with van der Waals surface area (Å²) < 4.78 is 29.6. The Morgan fingerprint density at radius 2 is 1.92 bits per heavy atom. The van der Waals surface area contributed by atoms with Gasteiger partial charge in [0.15, 0.2) is 5.96 Å². The molecule has 2 aromatic rings. The van der Waals surface area contributed by atoms with Crippen molar-refractivity contribution in [1.82, 2.24) is 10.6 Å². The number of ether oxygens (including phenoxy) is 1. The zero-order valence-electron chi connectivity index (χ0n) is 14.9. The van der Waals surface area contributed by atoms with E-state index in [9.17, 15) is 8.78 Å². The van der Waals surface area contributed by atoms with Crippen molar-refractivity contribution in [3.63, 3.8) is 0 Å². The minimum atomic E-state index is -2.84. The van der Waals surface area contributed by atoms with E-state index in [0.717, 1.165) is 6.42 Å². The van der Waals surface area contributed by atoms with Gasteiger partial charge in [0.1, 0.15) is 5.75 Å². The standard InChI is InChI=1S/C20H23F2N3O/c1-13-7-3-5-9-15(13)16-11-17(16)25-20(23-2)24-12-14-8-4-6-10-18(14)26-19(21)22/h3-10,16-17,19H,11-12H2,1-2H3,(H2,23,24,25). The van der Waals surface area contributed by atoms with E-state index in [1.807, 2.05) is 6.07 Å². The van der Waals surface area contributed by atoms with E-state index in [2.05, 4.69) is 45.5 Å². The van der Waals surface area contributed by atoms with Gasteiger partial charge in [0.25, 0.3) is 0 Å². The molecule has 3 rings (SSSR count). The van der Waals surface area contributed by atoms with Gasteiger partial charge in [-0.25, -0.2) is 0 Å². The van der Waals surface area contributed by atoms with Gasteiger partial charge in [-0.05, 0) is 30.5 Å². The molecule has 0 spiro atoms. The molecule has 2 unspecified atom stereocenters. The van der Waals surface area contributed by atoms with Crippen LogP contribution in [0.1, 0.15) is 29.0 Å². The number of para-hydroxylation sites is 1. The number of nitrogens with one attached hydrogen (secondary N) is 2. The van der Waals surface area contributed by atoms with Crippen LogP contribution in [0, 0.1) is 6.92 Å². The van der Waals surface area contributed by atoms with Gasteiger partial charge in [-0.2, -0.15) is 8.78 Å². The van der Waals surface area contributed by atoms with Crippen LogP contribution in [0.4, 0.5) is 8.78 Å². The molecule has 1 aliphatic carbocycles. The van der Waals surface area contributed by atoms with Crippen LogP contribution in [0.15, 0.2) is 53.5 Å². The predicted octanol–water partition coefficient (Wildman–Crippen LogP) is 3.82. The number of nitrogens with zero attached hydrogens (tertiary/aromatic N) is 1. The molecule has 0 heterocycles. The lowest BCUT2D eigenvalue weighted by atomic mass is 10.0. The molecule has 0 bridgehead atoms. The van der Waals surface area contributed by atoms with Gasteiger partial charge < -0.3 is 15.4 Å². The topological polar surface area (TPSA) is 45.7 Å². The fourth-order valence-corrected chi connectivity index (χ4v) is 3.11. The van der Waals surface area contributed by atoms with E-state index in [4.69, 9.17) is 0 Å². The van der Waals surface area contributed by atoms with E-state index >= 15 is 0 Å². The van der Waals surface area contributed by atoms with Crippen molar-refractivity contribution in [1.29, 1.82) is 0 Å². The van der Waals surface area contributed by atoms with Crippen LogP contribution in [-0.2, 0) is 6.54 Å². The fraction of sp³-hybridized carbons (Fsp3) is 0.350. The molecule has 4 nitrogen and oxygen atoms in total. The van der Waals surface area contributed by atoms with E-state index in [-0.39, 0.29) is 5.75 Å². The molecule has 138 valence electrons. The minimum absolute atomic E-state index is 0.176. The first kappa shape index (κ1) is 18.2. The molecule has 2 N–H and O–H groups in total. The van der Waals surface area contributed by atoms with Crippen molar-refractivity contribution in [2.24, 2.45) is 4.99 Å². The van der Waals surface area contributed by atoms with Crippen LogP contribution in [0.2, 0.25) is 0 Å². The Kier molecular flexibility index (Phi) is 5.71. The molecule has 1 fully saturated rings. The van der Waals surface area contributed by atoms with Crippen LogP contribution in [0.5, 0.6) is 5.75 Å². The van der Waals surface area contributed by atoms with Crippen molar-refractivity contribution >= 4 is 5.96 Å². The summed E-state index contributed by atoms with van der Waals surface area (Å²) in [6, 6.07) is 15.5. The highest BCUT2D eigenvalue weighted by atomic mass is 19.3. The molecular weight excluding hydrogens is 336 g/mol. The van der Waals surface area contributed by atoms with Gasteiger partial charge in [0, 0.05) is 31.1 Å². The first-order valence-corrected chi connectivity index (χ1v) is 8.64. The van der Waals surface area contributed by atoms with Gasteiger partial charge in [0.05, 0.1) is 0 Å². The highest BCUT2D eigenvalue weighted by Gasteiger charge is 2.39. The van der Waals surface area contributed by atoms with Crippen LogP contribution in [0.3, 0.4) is 0 Å². The van der Waals surface area contributed by atoms with Crippen LogP contribution in [0.25, 0.3) is 0 Å². The number of hydrogen-bond acceptors (Lipinski definition) is 2. The SMILES string of the molecule is CN=C(NCc1ccccc1OC(F)F)NC1CC1c1ccccc1C. The molecule has 2 atom stereocenters. The summed E-state index contributed by atoms with van der Waals surface area (Å²) in [5, 5.41) is 6.57. The van der Waals surface area contributed by atoms with Crippen molar-refractivity contribution in [3.05, 3.63) is 65.2 Å². The molecule has 26 heavy (non-hydrogen) atoms. The van der Waals surface area contributed by atoms with Crippen LogP contribution < -0.4 is 15.4 Å². The van der Waals surface area contributed by atoms with Gasteiger partial charge in [0.2, 0.25) is 0 Å². The summed E-state index contributed by atoms with van der Waals surface area (Å²) in [7, 11) is 1.70. The van der Waals surface area contributed by atoms with E-state index in [1.54, 1.807) is 25.2 Å². The zero-order chi connectivity index (χ0) is 18.5. The Balaban J connectivity index is 1.56. The number of guanidine groups is 1. The van der Waals surface area contributed by atoms with E-state index in [1.165, 1.54) is 17.2 Å². The van der Waals surface area contributed by atoms with Crippen molar-refractivity contribution in [2.75, 3.05) is 7.05 Å². The second kappa shape index (κ2) is 8.17. The summed E-state index contributed by atoms with van der Waals surface area (Å²) in [5.74, 6) is 1.30. The first-order chi connectivity index (χ1) is 12.6. The maximum atomic E-state index is 12.5. The van der Waals surface area contributed by atoms with Gasteiger partial charge in [-0.1, -0.05) is 42.5 Å². The Bertz CT molecular complexity index is 779. The minimum Gasteiger partial charge on any atom is -0.434 e. The monoisotopic (exact) mass is 359 g/mol. The van der Waals surface area contributed by atoms with Crippen molar-refractivity contribution in [2.45, 2.75) is 38.5 Å². The molecule has 6 heteroatoms. The Hall–Kier alpha value is -2.63. The smallest absolute Gasteiger partial charge is 0.387 e. The predicted molar refractivity (Wildman–Crippen MR) is 98.7 cm³/mol. The summed E-state index contributed by atoms with van der Waals surface area (Å²) in [6.45, 7) is -0.364. The van der Waals surface area contributed by atoms with E-state index in [0.29, 0.717) is 30.0 Å². The van der Waals surface area contributed by atoms with Gasteiger partial charge in [-0.15, -0.1) is 0 Å². The van der Waals surface area contributed by atoms with Gasteiger partial charge in [-0.3, -0.25) is 4.99 Å². The number of rotatable bonds is 6. The number of alkyl halides is 2. The fourth-order valence-electron chi connectivity index (χ4n) is 3.11. The molecule has 0 aromatic heterocycles. The summed E-state index contributed by atoms with van der Waals surface area (Å²) >= 11 is 0. The van der Waals surface area contributed by atoms with Crippen molar-refractivity contribution in [3.8, 4) is 5.75 Å². The lowest BCUT2D eigenvalue weighted by molar-refractivity contribution is -0.0504. The normalized spacial score (nSPS) is 19.3. The van der Waals surface area contributed by atoms with E-state index < -0.39 is 6.61 Å². The second-order valence-electron chi connectivity index (χ2n) is 6.36. The maximum Gasteiger partial charge on any atom is 0.387 e. The number of hydrogen-bond donors (Lipinski definition) is 2. The Morgan fingerprint density at radius 1 is 1.19 bits per heavy atom. The second-order valence-corrected chi connectivity index (χ2v) is 6.36. The third kappa shape index (κ3) is 4.50. The van der Waals surface area contributed by atoms with Crippen LogP contribution in [-0.4, -0.2) is 25.7 Å². The summed E-state index contributed by atoms with van der Waals surface area (Å²) in [4.78, 5) is 4.23. The third-order valence-corrected chi connectivity index (χ3v) is 4.56. The Morgan fingerprint density at radius 3 is 2.65 bits per heavy atom. The largest absolute Gasteiger partial charge is 0.434 e. The molecular formula is C20H23F2N3O. The molecule has 2 aromatic carbocycles. The quantitative estimate of drug-likeness (QED) is 0.609. The molecule has 0 radical (unpaired) electrons. The highest BCUT2D eigenvalue weighted by molar-refractivity contribution is 5.80. The van der Waals surface area contributed by atoms with Crippen LogP contribution >= 0.6 is 0 Å². The third-order valence-electron chi connectivity index (χ3n) is 4.56. The molecule has 0 amide bonds. The lowest BCUT2D eigenvalue weighted by Gasteiger charge is -2.15. The average molecular weight is 359 g/mol. The first-order valence-electron chi connectivity index (χ1n) is 8.64.